The van der Waals surface area contributed by atoms with E-state index < -0.39 is 52.1 Å². The molecular weight excluding hydrogens is 653 g/mol. The van der Waals surface area contributed by atoms with E-state index in [1.54, 1.807) is 12.3 Å². The lowest BCUT2D eigenvalue weighted by Crippen LogP contribution is -2.47. The molecule has 0 amide bonds. The third-order valence-electron chi connectivity index (χ3n) is 8.51. The number of aromatic amines is 1. The van der Waals surface area contributed by atoms with Gasteiger partial charge in [-0.05, 0) is 42.3 Å². The van der Waals surface area contributed by atoms with Crippen molar-refractivity contribution < 1.29 is 41.4 Å². The van der Waals surface area contributed by atoms with Crippen molar-refractivity contribution >= 4 is 45.4 Å². The number of hydrogen-bond donors (Lipinski definition) is 3. The first-order chi connectivity index (χ1) is 23.1. The van der Waals surface area contributed by atoms with Crippen LogP contribution in [0.4, 0.5) is 24.5 Å². The van der Waals surface area contributed by atoms with Crippen LogP contribution in [0, 0.1) is 11.6 Å². The number of hydrogen-bond acceptors (Lipinski definition) is 8. The largest absolute Gasteiger partial charge is 0.480 e. The molecule has 2 saturated heterocycles. The average Bonchev–Trinajstić information content (AvgIpc) is 3.70. The topological polar surface area (TPSA) is 143 Å². The summed E-state index contributed by atoms with van der Waals surface area (Å²) in [5.74, 6) is -4.48. The molecule has 3 N–H and O–H groups in total. The molecule has 0 saturated carbocycles. The van der Waals surface area contributed by atoms with Gasteiger partial charge >= 0.3 is 5.97 Å². The average molecular weight is 687 g/mol. The fraction of sp³-hybridized carbons (Fsp3) is 0.344. The van der Waals surface area contributed by atoms with Gasteiger partial charge in [0.2, 0.25) is 5.78 Å². The smallest absolute Gasteiger partial charge is 0.329 e. The Balaban J connectivity index is 1.19. The van der Waals surface area contributed by atoms with Crippen LogP contribution in [-0.2, 0) is 20.8 Å². The first-order valence-electron chi connectivity index (χ1n) is 15.3. The van der Waals surface area contributed by atoms with Crippen LogP contribution in [0.15, 0.2) is 54.9 Å². The number of H-pyrrole nitrogens is 1. The maximum absolute atomic E-state index is 15.9. The number of hydrazine groups is 1. The molecule has 2 aliphatic rings. The maximum Gasteiger partial charge on any atom is 0.329 e. The minimum atomic E-state index is -2.81. The van der Waals surface area contributed by atoms with Gasteiger partial charge in [0, 0.05) is 73.9 Å². The normalized spacial score (nSPS) is 18.0. The Hall–Kier alpha value is -4.35. The predicted molar refractivity (Wildman–Crippen MR) is 173 cm³/mol. The summed E-state index contributed by atoms with van der Waals surface area (Å²) < 4.78 is 72.6. The molecule has 4 heterocycles. The molecule has 2 fully saturated rings. The molecule has 12 nitrogen and oxygen atoms in total. The van der Waals surface area contributed by atoms with E-state index in [9.17, 15) is 22.7 Å². The summed E-state index contributed by atoms with van der Waals surface area (Å²) in [6.07, 6.45) is 1.72. The number of nitrogens with zero attached hydrogens (tertiary/aromatic N) is 5. The number of rotatable bonds is 12. The fourth-order valence-corrected chi connectivity index (χ4v) is 6.68. The summed E-state index contributed by atoms with van der Waals surface area (Å²) in [5.41, 5.74) is 1.33. The van der Waals surface area contributed by atoms with Gasteiger partial charge < -0.3 is 19.7 Å². The zero-order valence-corrected chi connectivity index (χ0v) is 26.5. The molecule has 0 radical (unpaired) electrons. The third kappa shape index (κ3) is 7.07. The summed E-state index contributed by atoms with van der Waals surface area (Å²) in [6.45, 7) is 3.67. The van der Waals surface area contributed by atoms with Crippen LogP contribution < -0.4 is 9.31 Å². The number of carbonyl (C=O) groups is 2. The summed E-state index contributed by atoms with van der Waals surface area (Å²) in [4.78, 5) is 36.0. The number of fused-ring (bicyclic) bond motifs is 1. The monoisotopic (exact) mass is 686 g/mol. The lowest BCUT2D eigenvalue weighted by molar-refractivity contribution is -0.142. The van der Waals surface area contributed by atoms with Crippen molar-refractivity contribution in [1.82, 2.24) is 19.9 Å². The Morgan fingerprint density at radius 3 is 2.48 bits per heavy atom. The third-order valence-corrected chi connectivity index (χ3v) is 9.23. The Labute approximate surface area is 276 Å². The number of carboxylic acid groups (broad SMARTS) is 1. The van der Waals surface area contributed by atoms with Crippen molar-refractivity contribution in [3.05, 3.63) is 77.6 Å². The van der Waals surface area contributed by atoms with E-state index in [1.807, 2.05) is 24.3 Å². The lowest BCUT2D eigenvalue weighted by atomic mass is 9.99. The number of nitrogens with one attached hydrogen (secondary N) is 1. The van der Waals surface area contributed by atoms with Crippen LogP contribution in [0.2, 0.25) is 0 Å². The van der Waals surface area contributed by atoms with Crippen LogP contribution in [0.25, 0.3) is 22.2 Å². The number of anilines is 2. The van der Waals surface area contributed by atoms with Crippen LogP contribution in [-0.4, -0.2) is 111 Å². The number of pyridine rings is 1. The van der Waals surface area contributed by atoms with Gasteiger partial charge in [-0.1, -0.05) is 12.1 Å². The number of carbonyl (C=O) groups excluding carboxylic acids is 1. The minimum absolute atomic E-state index is 0.0372. The minimum Gasteiger partial charge on any atom is -0.480 e. The molecule has 2 atom stereocenters. The summed E-state index contributed by atoms with van der Waals surface area (Å²) in [6, 6.07) is 11.3. The van der Waals surface area contributed by atoms with Gasteiger partial charge in [-0.3, -0.25) is 14.2 Å². The summed E-state index contributed by atoms with van der Waals surface area (Å²) in [7, 11) is 0. The first kappa shape index (κ1) is 33.5. The Morgan fingerprint density at radius 1 is 1.06 bits per heavy atom. The zero-order valence-electron chi connectivity index (χ0n) is 25.7. The van der Waals surface area contributed by atoms with E-state index in [1.165, 1.54) is 6.20 Å². The van der Waals surface area contributed by atoms with Crippen molar-refractivity contribution in [2.24, 2.45) is 0 Å². The molecule has 1 unspecified atom stereocenters. The molecule has 0 aliphatic carbocycles. The molecule has 4 aromatic rings. The van der Waals surface area contributed by atoms with Crippen molar-refractivity contribution in [3.8, 4) is 11.1 Å². The highest BCUT2D eigenvalue weighted by Gasteiger charge is 2.34. The number of alkyl halides is 1. The van der Waals surface area contributed by atoms with E-state index in [4.69, 9.17) is 9.84 Å². The molecule has 16 heteroatoms. The van der Waals surface area contributed by atoms with Gasteiger partial charge in [0.1, 0.15) is 29.9 Å². The van der Waals surface area contributed by atoms with Gasteiger partial charge in [0.25, 0.3) is 11.3 Å². The van der Waals surface area contributed by atoms with E-state index in [0.29, 0.717) is 34.2 Å². The van der Waals surface area contributed by atoms with E-state index in [-0.39, 0.29) is 31.7 Å². The molecule has 6 rings (SSSR count). The second kappa shape index (κ2) is 14.4. The molecule has 254 valence electrons. The second-order valence-corrected chi connectivity index (χ2v) is 12.3. The lowest BCUT2D eigenvalue weighted by Gasteiger charge is -2.36. The molecule has 0 bridgehead atoms. The highest BCUT2D eigenvalue weighted by molar-refractivity contribution is 7.80. The van der Waals surface area contributed by atoms with Crippen molar-refractivity contribution in [2.45, 2.75) is 12.6 Å². The number of aromatic nitrogens is 2. The zero-order chi connectivity index (χ0) is 33.9. The van der Waals surface area contributed by atoms with E-state index in [0.717, 1.165) is 54.6 Å². The number of halogens is 3. The molecule has 2 aromatic carbocycles. The Bertz CT molecular complexity index is 1840. The maximum atomic E-state index is 15.9. The van der Waals surface area contributed by atoms with Crippen molar-refractivity contribution in [1.29, 1.82) is 0 Å². The Morgan fingerprint density at radius 2 is 1.81 bits per heavy atom. The summed E-state index contributed by atoms with van der Waals surface area (Å²) >= 11 is -2.81. The van der Waals surface area contributed by atoms with Gasteiger partial charge in [0.05, 0.1) is 18.7 Å². The highest BCUT2D eigenvalue weighted by Crippen LogP contribution is 2.33. The number of aliphatic carboxylic acids is 1. The number of piperazine rings is 1. The molecule has 0 spiro atoms. The standard InChI is InChI=1S/C32H33F3N6O6S/c33-22-7-8-40(18-22)41(48(45)46)27-6-5-26(34)29(30(27)35)31(44)25-17-37-32-24(25)15-21(16-36-32)20-1-3-23(4-2-20)39-11-9-38(10-12-39)13-14-47-19-28(42)43/h1-6,15-17,22H,7-14,18-19H2,(H,36,37)(H,42,43)(H,45,46)/t22-/m1/s1. The van der Waals surface area contributed by atoms with Crippen molar-refractivity contribution in [3.63, 3.8) is 0 Å². The van der Waals surface area contributed by atoms with Crippen LogP contribution in [0.5, 0.6) is 0 Å². The molecular formula is C32H33F3N6O6S. The van der Waals surface area contributed by atoms with Crippen LogP contribution in [0.3, 0.4) is 0 Å². The van der Waals surface area contributed by atoms with Gasteiger partial charge in [-0.2, -0.15) is 4.41 Å². The van der Waals surface area contributed by atoms with Crippen molar-refractivity contribution in [2.75, 3.05) is 68.3 Å². The van der Waals surface area contributed by atoms with Crippen LogP contribution in [0.1, 0.15) is 22.3 Å². The Kier molecular flexibility index (Phi) is 10.1. The van der Waals surface area contributed by atoms with E-state index in [2.05, 4.69) is 19.8 Å². The van der Waals surface area contributed by atoms with Gasteiger partial charge in [-0.15, -0.1) is 0 Å². The van der Waals surface area contributed by atoms with E-state index >= 15 is 8.78 Å². The molecule has 2 aliphatic heterocycles. The number of ether oxygens (including phenoxy) is 1. The molecule has 2 aromatic heterocycles. The van der Waals surface area contributed by atoms with Gasteiger partial charge in [-0.25, -0.2) is 32.2 Å². The summed E-state index contributed by atoms with van der Waals surface area (Å²) in [5, 5.41) is 10.2. The number of benzene rings is 2. The second-order valence-electron chi connectivity index (χ2n) is 11.5. The highest BCUT2D eigenvalue weighted by atomic mass is 32.2. The van der Waals surface area contributed by atoms with Gasteiger partial charge in [0.15, 0.2) is 5.82 Å². The van der Waals surface area contributed by atoms with Crippen LogP contribution >= 0.6 is 0 Å². The molecule has 48 heavy (non-hydrogen) atoms. The SMILES string of the molecule is O=C(O)COCCN1CCN(c2ccc(-c3cnc4[nH]cc(C(=O)c5c(F)ccc(N(N6CC[C@@H](F)C6)S(=O)O)c5F)c4c3)cc2)CC1. The first-order valence-corrected chi connectivity index (χ1v) is 16.3. The fourth-order valence-electron chi connectivity index (χ4n) is 6.03. The number of ketones is 1. The quantitative estimate of drug-likeness (QED) is 0.114. The number of carboxylic acids is 1. The predicted octanol–water partition coefficient (Wildman–Crippen LogP) is 3.86.